The molecule has 0 bridgehead atoms. The van der Waals surface area contributed by atoms with E-state index in [-0.39, 0.29) is 0 Å². The summed E-state index contributed by atoms with van der Waals surface area (Å²) in [5.74, 6) is 0.725. The summed E-state index contributed by atoms with van der Waals surface area (Å²) in [7, 11) is 0. The van der Waals surface area contributed by atoms with Gasteiger partial charge in [0.15, 0.2) is 5.82 Å². The molecule has 9 rings (SSSR count). The van der Waals surface area contributed by atoms with Gasteiger partial charge in [-0.25, -0.2) is 9.97 Å². The average Bonchev–Trinajstić information content (AvgIpc) is 3.44. The van der Waals surface area contributed by atoms with Crippen molar-refractivity contribution in [3.8, 4) is 28.3 Å². The molecule has 0 aliphatic heterocycles. The maximum absolute atomic E-state index is 5.09. The minimum absolute atomic E-state index is 0.725. The molecule has 2 aromatic heterocycles. The van der Waals surface area contributed by atoms with E-state index in [9.17, 15) is 0 Å². The highest BCUT2D eigenvalue weighted by Gasteiger charge is 2.19. The summed E-state index contributed by atoms with van der Waals surface area (Å²) in [6.07, 6.45) is 0. The Morgan fingerprint density at radius 2 is 0.977 bits per heavy atom. The van der Waals surface area contributed by atoms with Gasteiger partial charge in [-0.1, -0.05) is 115 Å². The summed E-state index contributed by atoms with van der Waals surface area (Å²) in [6, 6.07) is 53.6. The maximum atomic E-state index is 5.09. The van der Waals surface area contributed by atoms with Crippen LogP contribution in [-0.4, -0.2) is 14.5 Å². The predicted octanol–water partition coefficient (Wildman–Crippen LogP) is 10.4. The summed E-state index contributed by atoms with van der Waals surface area (Å²) in [6.45, 7) is 0. The van der Waals surface area contributed by atoms with Crippen LogP contribution >= 0.6 is 0 Å². The molecule has 0 N–H and O–H groups in total. The Labute approximate surface area is 248 Å². The second-order valence-corrected chi connectivity index (χ2v) is 11.0. The third-order valence-electron chi connectivity index (χ3n) is 8.58. The van der Waals surface area contributed by atoms with Crippen LogP contribution in [0.5, 0.6) is 0 Å². The lowest BCUT2D eigenvalue weighted by Crippen LogP contribution is -1.97. The van der Waals surface area contributed by atoms with Crippen LogP contribution in [0.2, 0.25) is 0 Å². The lowest BCUT2D eigenvalue weighted by atomic mass is 9.97. The zero-order valence-electron chi connectivity index (χ0n) is 23.3. The molecule has 0 saturated carbocycles. The number of para-hydroxylation sites is 2. The maximum Gasteiger partial charge on any atom is 0.160 e. The van der Waals surface area contributed by atoms with Crippen LogP contribution in [0.4, 0.5) is 0 Å². The molecule has 0 spiro atoms. The van der Waals surface area contributed by atoms with Crippen molar-refractivity contribution >= 4 is 54.3 Å². The second kappa shape index (κ2) is 9.37. The fraction of sp³-hybridized carbons (Fsp3) is 0. The molecule has 9 aromatic rings. The van der Waals surface area contributed by atoms with E-state index in [1.54, 1.807) is 0 Å². The molecule has 0 aliphatic rings. The number of benzene rings is 7. The number of hydrogen-bond acceptors (Lipinski definition) is 2. The minimum Gasteiger partial charge on any atom is -0.309 e. The van der Waals surface area contributed by atoms with E-state index in [0.717, 1.165) is 39.2 Å². The smallest absolute Gasteiger partial charge is 0.160 e. The first-order chi connectivity index (χ1) is 21.3. The number of hydrogen-bond donors (Lipinski definition) is 0. The van der Waals surface area contributed by atoms with Gasteiger partial charge < -0.3 is 4.57 Å². The molecule has 0 atom stereocenters. The second-order valence-electron chi connectivity index (χ2n) is 11.0. The topological polar surface area (TPSA) is 30.7 Å². The van der Waals surface area contributed by atoms with Crippen molar-refractivity contribution in [2.75, 3.05) is 0 Å². The van der Waals surface area contributed by atoms with Crippen LogP contribution in [0.15, 0.2) is 152 Å². The molecule has 7 aromatic carbocycles. The first-order valence-corrected chi connectivity index (χ1v) is 14.6. The van der Waals surface area contributed by atoms with Gasteiger partial charge in [0.2, 0.25) is 0 Å². The average molecular weight is 548 g/mol. The Morgan fingerprint density at radius 3 is 1.74 bits per heavy atom. The van der Waals surface area contributed by atoms with Crippen molar-refractivity contribution in [1.82, 2.24) is 14.5 Å². The summed E-state index contributed by atoms with van der Waals surface area (Å²) < 4.78 is 2.42. The van der Waals surface area contributed by atoms with E-state index in [2.05, 4.69) is 138 Å². The molecule has 0 unspecified atom stereocenters. The molecule has 200 valence electrons. The van der Waals surface area contributed by atoms with E-state index in [1.165, 1.54) is 43.4 Å². The summed E-state index contributed by atoms with van der Waals surface area (Å²) >= 11 is 0. The van der Waals surface area contributed by atoms with Gasteiger partial charge in [-0.3, -0.25) is 0 Å². The van der Waals surface area contributed by atoms with Gasteiger partial charge in [-0.05, 0) is 52.6 Å². The fourth-order valence-corrected chi connectivity index (χ4v) is 6.68. The van der Waals surface area contributed by atoms with Crippen LogP contribution in [0, 0.1) is 0 Å². The molecule has 2 heterocycles. The van der Waals surface area contributed by atoms with Crippen LogP contribution in [0.25, 0.3) is 82.6 Å². The lowest BCUT2D eigenvalue weighted by molar-refractivity contribution is 1.18. The molecular weight excluding hydrogens is 522 g/mol. The van der Waals surface area contributed by atoms with E-state index >= 15 is 0 Å². The van der Waals surface area contributed by atoms with Crippen molar-refractivity contribution in [2.24, 2.45) is 0 Å². The van der Waals surface area contributed by atoms with Crippen molar-refractivity contribution in [3.63, 3.8) is 0 Å². The predicted molar refractivity (Wildman–Crippen MR) is 180 cm³/mol. The number of rotatable bonds is 3. The van der Waals surface area contributed by atoms with Crippen LogP contribution in [-0.2, 0) is 0 Å². The Kier molecular flexibility index (Phi) is 5.20. The van der Waals surface area contributed by atoms with E-state index in [4.69, 9.17) is 9.97 Å². The molecule has 0 saturated heterocycles. The third kappa shape index (κ3) is 3.62. The van der Waals surface area contributed by atoms with E-state index < -0.39 is 0 Å². The van der Waals surface area contributed by atoms with E-state index in [0.29, 0.717) is 0 Å². The van der Waals surface area contributed by atoms with Gasteiger partial charge >= 0.3 is 0 Å². The van der Waals surface area contributed by atoms with Crippen LogP contribution in [0.3, 0.4) is 0 Å². The Bertz CT molecular complexity index is 2490. The quantitative estimate of drug-likeness (QED) is 0.206. The highest BCUT2D eigenvalue weighted by atomic mass is 15.0. The summed E-state index contributed by atoms with van der Waals surface area (Å²) in [5, 5.41) is 8.69. The molecule has 0 fully saturated rings. The van der Waals surface area contributed by atoms with Crippen LogP contribution < -0.4 is 0 Å². The van der Waals surface area contributed by atoms with Crippen molar-refractivity contribution in [1.29, 1.82) is 0 Å². The molecule has 3 heteroatoms. The number of nitrogens with zero attached hydrogens (tertiary/aromatic N) is 3. The molecule has 3 nitrogen and oxygen atoms in total. The van der Waals surface area contributed by atoms with Crippen molar-refractivity contribution in [3.05, 3.63) is 152 Å². The first kappa shape index (κ1) is 23.9. The summed E-state index contributed by atoms with van der Waals surface area (Å²) in [5.41, 5.74) is 7.50. The van der Waals surface area contributed by atoms with Gasteiger partial charge in [0, 0.05) is 38.4 Å². The largest absolute Gasteiger partial charge is 0.309 e. The highest BCUT2D eigenvalue weighted by Crippen LogP contribution is 2.42. The van der Waals surface area contributed by atoms with E-state index in [1.807, 2.05) is 18.2 Å². The molecule has 0 aliphatic carbocycles. The highest BCUT2D eigenvalue weighted by molar-refractivity contribution is 6.32. The first-order valence-electron chi connectivity index (χ1n) is 14.6. The molecular formula is C40H25N3. The number of aromatic nitrogens is 3. The molecule has 0 radical (unpaired) electrons. The SMILES string of the molecule is c1ccc(-c2nc(-c3ccc(-n4c5ccccc5c5c6ccccc6c6ccccc6c54)cc3)nc3ccccc23)cc1. The Morgan fingerprint density at radius 1 is 0.395 bits per heavy atom. The van der Waals surface area contributed by atoms with Crippen molar-refractivity contribution in [2.45, 2.75) is 0 Å². The normalized spacial score (nSPS) is 11.7. The standard InChI is InChI=1S/C40H25N3/c1-2-12-26(13-3-1)38-33-18-8-10-20-35(33)41-40(42-38)27-22-24-28(25-23-27)43-36-21-11-9-19-34(36)37-31-16-6-4-14-29(31)30-15-5-7-17-32(30)39(37)43/h1-25H. The third-order valence-corrected chi connectivity index (χ3v) is 8.58. The Balaban J connectivity index is 1.28. The number of fused-ring (bicyclic) bond motifs is 9. The zero-order chi connectivity index (χ0) is 28.3. The zero-order valence-corrected chi connectivity index (χ0v) is 23.3. The van der Waals surface area contributed by atoms with Crippen molar-refractivity contribution < 1.29 is 0 Å². The molecule has 0 amide bonds. The summed E-state index contributed by atoms with van der Waals surface area (Å²) in [4.78, 5) is 10.1. The van der Waals surface area contributed by atoms with Gasteiger partial charge in [-0.2, -0.15) is 0 Å². The lowest BCUT2D eigenvalue weighted by Gasteiger charge is -2.13. The van der Waals surface area contributed by atoms with Gasteiger partial charge in [0.1, 0.15) is 0 Å². The van der Waals surface area contributed by atoms with Gasteiger partial charge in [-0.15, -0.1) is 0 Å². The Hall–Kier alpha value is -5.80. The molecule has 43 heavy (non-hydrogen) atoms. The fourth-order valence-electron chi connectivity index (χ4n) is 6.68. The van der Waals surface area contributed by atoms with Gasteiger partial charge in [0.05, 0.1) is 22.2 Å². The monoisotopic (exact) mass is 547 g/mol. The minimum atomic E-state index is 0.725. The van der Waals surface area contributed by atoms with Gasteiger partial charge in [0.25, 0.3) is 0 Å². The van der Waals surface area contributed by atoms with Crippen LogP contribution in [0.1, 0.15) is 0 Å².